The highest BCUT2D eigenvalue weighted by molar-refractivity contribution is 5.84. The van der Waals surface area contributed by atoms with Crippen molar-refractivity contribution in [2.45, 2.75) is 25.9 Å². The lowest BCUT2D eigenvalue weighted by atomic mass is 10.2. The first-order valence-corrected chi connectivity index (χ1v) is 5.70. The Morgan fingerprint density at radius 3 is 2.50 bits per heavy atom. The minimum Gasteiger partial charge on any atom is -0.475 e. The van der Waals surface area contributed by atoms with Crippen molar-refractivity contribution in [1.82, 2.24) is 5.32 Å². The summed E-state index contributed by atoms with van der Waals surface area (Å²) in [5.41, 5.74) is 0. The molecule has 96 valence electrons. The van der Waals surface area contributed by atoms with Crippen molar-refractivity contribution in [1.29, 1.82) is 0 Å². The maximum atomic E-state index is 10.7. The Hall–Kier alpha value is -2.01. The van der Waals surface area contributed by atoms with Crippen LogP contribution in [-0.2, 0) is 0 Å². The summed E-state index contributed by atoms with van der Waals surface area (Å²) >= 11 is 0. The first-order valence-electron chi connectivity index (χ1n) is 5.70. The van der Waals surface area contributed by atoms with Gasteiger partial charge in [-0.1, -0.05) is 0 Å². The van der Waals surface area contributed by atoms with Crippen molar-refractivity contribution in [2.24, 2.45) is 0 Å². The van der Waals surface area contributed by atoms with Crippen molar-refractivity contribution >= 4 is 5.97 Å². The first-order chi connectivity index (χ1) is 8.58. The molecule has 18 heavy (non-hydrogen) atoms. The summed E-state index contributed by atoms with van der Waals surface area (Å²) < 4.78 is 10.5. The topological polar surface area (TPSA) is 75.6 Å². The van der Waals surface area contributed by atoms with Crippen LogP contribution in [0.4, 0.5) is 0 Å². The quantitative estimate of drug-likeness (QED) is 0.851. The average molecular weight is 249 g/mol. The van der Waals surface area contributed by atoms with E-state index in [4.69, 9.17) is 13.9 Å². The third kappa shape index (κ3) is 2.62. The second-order valence-electron chi connectivity index (χ2n) is 4.13. The first kappa shape index (κ1) is 12.4. The van der Waals surface area contributed by atoms with Crippen molar-refractivity contribution < 1.29 is 18.7 Å². The Kier molecular flexibility index (Phi) is 3.53. The number of furan rings is 2. The van der Waals surface area contributed by atoms with Crippen LogP contribution in [0.3, 0.4) is 0 Å². The molecule has 0 aliphatic carbocycles. The van der Waals surface area contributed by atoms with Gasteiger partial charge in [0.05, 0.1) is 18.3 Å². The van der Waals surface area contributed by atoms with Gasteiger partial charge in [-0.15, -0.1) is 0 Å². The highest BCUT2D eigenvalue weighted by Crippen LogP contribution is 2.21. The molecule has 0 aliphatic heterocycles. The molecule has 0 amide bonds. The van der Waals surface area contributed by atoms with Gasteiger partial charge in [-0.25, -0.2) is 4.79 Å². The number of nitrogens with one attached hydrogen (secondary N) is 1. The Bertz CT molecular complexity index is 515. The molecule has 2 atom stereocenters. The zero-order valence-electron chi connectivity index (χ0n) is 10.2. The van der Waals surface area contributed by atoms with Gasteiger partial charge >= 0.3 is 5.97 Å². The van der Waals surface area contributed by atoms with Gasteiger partial charge in [0.25, 0.3) is 0 Å². The predicted octanol–water partition coefficient (Wildman–Crippen LogP) is 2.98. The van der Waals surface area contributed by atoms with E-state index in [1.807, 2.05) is 26.0 Å². The van der Waals surface area contributed by atoms with Gasteiger partial charge in [0.1, 0.15) is 11.5 Å². The summed E-state index contributed by atoms with van der Waals surface area (Å²) in [4.78, 5) is 10.7. The van der Waals surface area contributed by atoms with Crippen LogP contribution in [0.5, 0.6) is 0 Å². The molecular weight excluding hydrogens is 234 g/mol. The SMILES string of the molecule is CC(NC(C)c1ccc(C(=O)O)o1)c1ccco1. The number of carbonyl (C=O) groups is 1. The molecule has 5 heteroatoms. The maximum absolute atomic E-state index is 10.7. The van der Waals surface area contributed by atoms with Crippen LogP contribution in [0, 0.1) is 0 Å². The fourth-order valence-electron chi connectivity index (χ4n) is 1.78. The Labute approximate surface area is 104 Å². The summed E-state index contributed by atoms with van der Waals surface area (Å²) in [5, 5.41) is 12.1. The van der Waals surface area contributed by atoms with E-state index in [9.17, 15) is 4.79 Å². The van der Waals surface area contributed by atoms with Crippen molar-refractivity contribution in [3.63, 3.8) is 0 Å². The van der Waals surface area contributed by atoms with E-state index in [1.165, 1.54) is 6.07 Å². The smallest absolute Gasteiger partial charge is 0.371 e. The fraction of sp³-hybridized carbons (Fsp3) is 0.308. The number of carboxylic acids is 1. The lowest BCUT2D eigenvalue weighted by Gasteiger charge is -2.16. The molecule has 2 aromatic rings. The number of hydrogen-bond acceptors (Lipinski definition) is 4. The van der Waals surface area contributed by atoms with E-state index in [1.54, 1.807) is 12.3 Å². The Balaban J connectivity index is 2.02. The molecule has 2 aromatic heterocycles. The molecule has 5 nitrogen and oxygen atoms in total. The van der Waals surface area contributed by atoms with E-state index in [2.05, 4.69) is 5.32 Å². The molecule has 0 aromatic carbocycles. The van der Waals surface area contributed by atoms with Crippen LogP contribution in [0.15, 0.2) is 39.4 Å². The molecule has 0 fully saturated rings. The third-order valence-electron chi connectivity index (χ3n) is 2.73. The summed E-state index contributed by atoms with van der Waals surface area (Å²) in [7, 11) is 0. The molecule has 2 rings (SSSR count). The molecule has 0 aliphatic rings. The minimum atomic E-state index is -1.06. The van der Waals surface area contributed by atoms with Crippen LogP contribution in [0.2, 0.25) is 0 Å². The lowest BCUT2D eigenvalue weighted by molar-refractivity contribution is 0.0659. The molecule has 0 spiro atoms. The van der Waals surface area contributed by atoms with E-state index >= 15 is 0 Å². The van der Waals surface area contributed by atoms with E-state index in [0.29, 0.717) is 5.76 Å². The zero-order valence-corrected chi connectivity index (χ0v) is 10.2. The van der Waals surface area contributed by atoms with E-state index in [-0.39, 0.29) is 17.8 Å². The van der Waals surface area contributed by atoms with Gasteiger partial charge in [-0.05, 0) is 38.1 Å². The highest BCUT2D eigenvalue weighted by Gasteiger charge is 2.17. The Morgan fingerprint density at radius 2 is 1.94 bits per heavy atom. The second-order valence-corrected chi connectivity index (χ2v) is 4.13. The molecular formula is C13H15NO4. The summed E-state index contributed by atoms with van der Waals surface area (Å²) in [6, 6.07) is 6.75. The number of aromatic carboxylic acids is 1. The molecule has 0 radical (unpaired) electrons. The second kappa shape index (κ2) is 5.10. The van der Waals surface area contributed by atoms with E-state index in [0.717, 1.165) is 5.76 Å². The molecule has 2 unspecified atom stereocenters. The highest BCUT2D eigenvalue weighted by atomic mass is 16.4. The summed E-state index contributed by atoms with van der Waals surface area (Å²) in [5.74, 6) is 0.300. The molecule has 0 saturated heterocycles. The van der Waals surface area contributed by atoms with Crippen molar-refractivity contribution in [2.75, 3.05) is 0 Å². The minimum absolute atomic E-state index is 0.0216. The average Bonchev–Trinajstić information content (AvgIpc) is 3.00. The van der Waals surface area contributed by atoms with Gasteiger partial charge in [-0.2, -0.15) is 0 Å². The molecule has 0 saturated carbocycles. The van der Waals surface area contributed by atoms with Crippen LogP contribution in [0.25, 0.3) is 0 Å². The normalized spacial score (nSPS) is 14.3. The van der Waals surface area contributed by atoms with E-state index < -0.39 is 5.97 Å². The zero-order chi connectivity index (χ0) is 13.1. The standard InChI is InChI=1S/C13H15NO4/c1-8(10-4-3-7-17-10)14-9(2)11-5-6-12(18-11)13(15)16/h3-9,14H,1-2H3,(H,15,16). The largest absolute Gasteiger partial charge is 0.475 e. The van der Waals surface area contributed by atoms with Crippen LogP contribution in [-0.4, -0.2) is 11.1 Å². The maximum Gasteiger partial charge on any atom is 0.371 e. The number of hydrogen-bond donors (Lipinski definition) is 2. The molecule has 0 bridgehead atoms. The number of rotatable bonds is 5. The third-order valence-corrected chi connectivity index (χ3v) is 2.73. The van der Waals surface area contributed by atoms with Crippen molar-refractivity contribution in [3.05, 3.63) is 47.8 Å². The Morgan fingerprint density at radius 1 is 1.22 bits per heavy atom. The lowest BCUT2D eigenvalue weighted by Crippen LogP contribution is -2.21. The number of carboxylic acid groups (broad SMARTS) is 1. The fourth-order valence-corrected chi connectivity index (χ4v) is 1.78. The van der Waals surface area contributed by atoms with Gasteiger partial charge in [0.15, 0.2) is 0 Å². The predicted molar refractivity (Wildman–Crippen MR) is 64.3 cm³/mol. The van der Waals surface area contributed by atoms with Crippen LogP contribution >= 0.6 is 0 Å². The molecule has 2 N–H and O–H groups in total. The monoisotopic (exact) mass is 249 g/mol. The summed E-state index contributed by atoms with van der Waals surface area (Å²) in [6.07, 6.45) is 1.62. The summed E-state index contributed by atoms with van der Waals surface area (Å²) in [6.45, 7) is 3.88. The van der Waals surface area contributed by atoms with Gasteiger partial charge in [-0.3, -0.25) is 5.32 Å². The van der Waals surface area contributed by atoms with Crippen LogP contribution in [0.1, 0.15) is 48.0 Å². The van der Waals surface area contributed by atoms with Gasteiger partial charge < -0.3 is 13.9 Å². The van der Waals surface area contributed by atoms with Gasteiger partial charge in [0.2, 0.25) is 5.76 Å². The molecule has 2 heterocycles. The van der Waals surface area contributed by atoms with Gasteiger partial charge in [0, 0.05) is 0 Å². The van der Waals surface area contributed by atoms with Crippen molar-refractivity contribution in [3.8, 4) is 0 Å². The van der Waals surface area contributed by atoms with Crippen LogP contribution < -0.4 is 5.32 Å².